The zero-order chi connectivity index (χ0) is 17.5. The standard InChI is InChI=1S/C17H31N3O3/c1-7-18-15(19-11-14(22-6)16(2,3)4)20-12-17(5,21)13-9-8-10-23-13/h8-10,14,21H,7,11-12H2,1-6H3,(H2,18,19,20). The fraction of sp³-hybridized carbons (Fsp3) is 0.706. The maximum Gasteiger partial charge on any atom is 0.191 e. The van der Waals surface area contributed by atoms with Crippen LogP contribution in [0.4, 0.5) is 0 Å². The average molecular weight is 325 g/mol. The van der Waals surface area contributed by atoms with Crippen LogP contribution in [0, 0.1) is 5.41 Å². The van der Waals surface area contributed by atoms with Crippen LogP contribution in [-0.4, -0.2) is 43.9 Å². The maximum absolute atomic E-state index is 10.5. The van der Waals surface area contributed by atoms with Crippen LogP contribution in [0.2, 0.25) is 0 Å². The van der Waals surface area contributed by atoms with Crippen LogP contribution in [0.5, 0.6) is 0 Å². The van der Waals surface area contributed by atoms with Crippen LogP contribution in [-0.2, 0) is 10.3 Å². The number of guanidine groups is 1. The van der Waals surface area contributed by atoms with Gasteiger partial charge in [-0.2, -0.15) is 0 Å². The summed E-state index contributed by atoms with van der Waals surface area (Å²) >= 11 is 0. The number of hydrogen-bond acceptors (Lipinski definition) is 4. The molecule has 0 amide bonds. The van der Waals surface area contributed by atoms with E-state index in [0.29, 0.717) is 18.3 Å². The molecule has 1 aromatic rings. The van der Waals surface area contributed by atoms with Crippen LogP contribution in [0.3, 0.4) is 0 Å². The van der Waals surface area contributed by atoms with Crippen LogP contribution < -0.4 is 10.6 Å². The Labute approximate surface area is 139 Å². The molecule has 6 heteroatoms. The molecular formula is C17H31N3O3. The van der Waals surface area contributed by atoms with Crippen LogP contribution in [0.25, 0.3) is 0 Å². The number of ether oxygens (including phenoxy) is 1. The van der Waals surface area contributed by atoms with Crippen molar-refractivity contribution >= 4 is 5.96 Å². The second kappa shape index (κ2) is 8.36. The molecule has 0 aliphatic rings. The van der Waals surface area contributed by atoms with Gasteiger partial charge >= 0.3 is 0 Å². The van der Waals surface area contributed by atoms with Gasteiger partial charge in [-0.25, -0.2) is 4.99 Å². The molecule has 1 heterocycles. The van der Waals surface area contributed by atoms with Gasteiger partial charge in [-0.3, -0.25) is 0 Å². The van der Waals surface area contributed by atoms with E-state index in [4.69, 9.17) is 9.15 Å². The summed E-state index contributed by atoms with van der Waals surface area (Å²) in [5.74, 6) is 1.15. The van der Waals surface area contributed by atoms with Gasteiger partial charge in [0.25, 0.3) is 0 Å². The molecular weight excluding hydrogens is 294 g/mol. The molecule has 0 saturated carbocycles. The zero-order valence-electron chi connectivity index (χ0n) is 15.1. The van der Waals surface area contributed by atoms with Gasteiger partial charge in [-0.15, -0.1) is 0 Å². The summed E-state index contributed by atoms with van der Waals surface area (Å²) in [4.78, 5) is 4.46. The fourth-order valence-corrected chi connectivity index (χ4v) is 2.17. The Balaban J connectivity index is 2.70. The third kappa shape index (κ3) is 6.23. The lowest BCUT2D eigenvalue weighted by Gasteiger charge is -2.30. The van der Waals surface area contributed by atoms with Gasteiger partial charge in [0.05, 0.1) is 18.9 Å². The molecule has 3 N–H and O–H groups in total. The molecule has 0 spiro atoms. The molecule has 6 nitrogen and oxygen atoms in total. The first-order chi connectivity index (χ1) is 10.7. The largest absolute Gasteiger partial charge is 0.466 e. The number of aliphatic hydroxyl groups is 1. The van der Waals surface area contributed by atoms with Gasteiger partial charge in [0.1, 0.15) is 11.4 Å². The van der Waals surface area contributed by atoms with E-state index >= 15 is 0 Å². The molecule has 2 atom stereocenters. The van der Waals surface area contributed by atoms with Gasteiger partial charge in [-0.05, 0) is 31.4 Å². The van der Waals surface area contributed by atoms with Gasteiger partial charge in [0.15, 0.2) is 5.96 Å². The van der Waals surface area contributed by atoms with Gasteiger partial charge in [0, 0.05) is 20.2 Å². The summed E-state index contributed by atoms with van der Waals surface area (Å²) in [5.41, 5.74) is -1.12. The Bertz CT molecular complexity index is 476. The highest BCUT2D eigenvalue weighted by atomic mass is 16.5. The summed E-state index contributed by atoms with van der Waals surface area (Å²) in [7, 11) is 1.71. The average Bonchev–Trinajstić information content (AvgIpc) is 2.98. The van der Waals surface area contributed by atoms with E-state index < -0.39 is 5.60 Å². The van der Waals surface area contributed by atoms with E-state index in [-0.39, 0.29) is 18.1 Å². The highest BCUT2D eigenvalue weighted by molar-refractivity contribution is 5.79. The molecule has 0 bridgehead atoms. The Hall–Kier alpha value is -1.53. The van der Waals surface area contributed by atoms with E-state index in [1.54, 1.807) is 32.4 Å². The number of hydrogen-bond donors (Lipinski definition) is 3. The molecule has 1 rings (SSSR count). The summed E-state index contributed by atoms with van der Waals surface area (Å²) in [5, 5.41) is 16.9. The van der Waals surface area contributed by atoms with Gasteiger partial charge < -0.3 is 24.9 Å². The molecule has 0 fully saturated rings. The van der Waals surface area contributed by atoms with Gasteiger partial charge in [-0.1, -0.05) is 20.8 Å². The lowest BCUT2D eigenvalue weighted by molar-refractivity contribution is 0.0204. The normalized spacial score (nSPS) is 16.7. The smallest absolute Gasteiger partial charge is 0.191 e. The summed E-state index contributed by atoms with van der Waals surface area (Å²) in [6.45, 7) is 11.7. The molecule has 132 valence electrons. The molecule has 0 aliphatic heterocycles. The van der Waals surface area contributed by atoms with Crippen molar-refractivity contribution < 1.29 is 14.3 Å². The topological polar surface area (TPSA) is 79.0 Å². The first-order valence-corrected chi connectivity index (χ1v) is 8.02. The van der Waals surface area contributed by atoms with E-state index in [2.05, 4.69) is 36.4 Å². The minimum Gasteiger partial charge on any atom is -0.466 e. The zero-order valence-corrected chi connectivity index (χ0v) is 15.1. The number of aliphatic imine (C=N–C) groups is 1. The van der Waals surface area contributed by atoms with Crippen LogP contribution >= 0.6 is 0 Å². The molecule has 2 unspecified atom stereocenters. The first-order valence-electron chi connectivity index (χ1n) is 8.02. The quantitative estimate of drug-likeness (QED) is 0.528. The number of furan rings is 1. The summed E-state index contributed by atoms with van der Waals surface area (Å²) < 4.78 is 10.8. The second-order valence-corrected chi connectivity index (χ2v) is 6.92. The van der Waals surface area contributed by atoms with E-state index in [0.717, 1.165) is 6.54 Å². The van der Waals surface area contributed by atoms with Crippen molar-refractivity contribution in [3.63, 3.8) is 0 Å². The highest BCUT2D eigenvalue weighted by Crippen LogP contribution is 2.22. The van der Waals surface area contributed by atoms with Crippen molar-refractivity contribution in [2.45, 2.75) is 46.3 Å². The number of rotatable bonds is 7. The highest BCUT2D eigenvalue weighted by Gasteiger charge is 2.27. The fourth-order valence-electron chi connectivity index (χ4n) is 2.17. The lowest BCUT2D eigenvalue weighted by Crippen LogP contribution is -2.45. The number of nitrogens with zero attached hydrogens (tertiary/aromatic N) is 1. The van der Waals surface area contributed by atoms with Crippen molar-refractivity contribution in [2.24, 2.45) is 10.4 Å². The monoisotopic (exact) mass is 325 g/mol. The lowest BCUT2D eigenvalue weighted by atomic mass is 9.89. The predicted molar refractivity (Wildman–Crippen MR) is 92.5 cm³/mol. The molecule has 0 aliphatic carbocycles. The summed E-state index contributed by atoms with van der Waals surface area (Å²) in [6.07, 6.45) is 1.60. The Morgan fingerprint density at radius 2 is 2.04 bits per heavy atom. The predicted octanol–water partition coefficient (Wildman–Crippen LogP) is 2.10. The Morgan fingerprint density at radius 3 is 2.52 bits per heavy atom. The minimum absolute atomic E-state index is 0.0265. The van der Waals surface area contributed by atoms with Crippen molar-refractivity contribution in [2.75, 3.05) is 26.7 Å². The van der Waals surface area contributed by atoms with Crippen molar-refractivity contribution in [3.8, 4) is 0 Å². The second-order valence-electron chi connectivity index (χ2n) is 6.92. The van der Waals surface area contributed by atoms with Gasteiger partial charge in [0.2, 0.25) is 0 Å². The minimum atomic E-state index is -1.14. The van der Waals surface area contributed by atoms with Crippen LogP contribution in [0.1, 0.15) is 40.4 Å². The molecule has 0 aromatic carbocycles. The van der Waals surface area contributed by atoms with Crippen molar-refractivity contribution in [1.29, 1.82) is 0 Å². The number of methoxy groups -OCH3 is 1. The third-order valence-corrected chi connectivity index (χ3v) is 3.65. The molecule has 0 radical (unpaired) electrons. The summed E-state index contributed by atoms with van der Waals surface area (Å²) in [6, 6.07) is 3.50. The number of nitrogens with one attached hydrogen (secondary N) is 2. The van der Waals surface area contributed by atoms with E-state index in [1.807, 2.05) is 6.92 Å². The molecule has 23 heavy (non-hydrogen) atoms. The maximum atomic E-state index is 10.5. The third-order valence-electron chi connectivity index (χ3n) is 3.65. The SMILES string of the molecule is CCNC(=NCC(C)(O)c1ccco1)NCC(OC)C(C)(C)C. The molecule has 1 aromatic heterocycles. The Kier molecular flexibility index (Phi) is 7.09. The molecule has 0 saturated heterocycles. The Morgan fingerprint density at radius 1 is 1.35 bits per heavy atom. The first kappa shape index (κ1) is 19.5. The van der Waals surface area contributed by atoms with Crippen molar-refractivity contribution in [1.82, 2.24) is 10.6 Å². The van der Waals surface area contributed by atoms with Crippen molar-refractivity contribution in [3.05, 3.63) is 24.2 Å². The van der Waals surface area contributed by atoms with E-state index in [1.165, 1.54) is 0 Å². The van der Waals surface area contributed by atoms with Crippen LogP contribution in [0.15, 0.2) is 27.8 Å². The van der Waals surface area contributed by atoms with E-state index in [9.17, 15) is 5.11 Å².